The smallest absolute Gasteiger partial charge is 0.306 e. The summed E-state index contributed by atoms with van der Waals surface area (Å²) in [6.45, 7) is 0. The van der Waals surface area contributed by atoms with E-state index in [1.165, 1.54) is 25.2 Å². The van der Waals surface area contributed by atoms with Crippen LogP contribution in [-0.4, -0.2) is 28.8 Å². The number of nitrogens with zero attached hydrogens (tertiary/aromatic N) is 1. The van der Waals surface area contributed by atoms with Gasteiger partial charge in [-0.1, -0.05) is 0 Å². The van der Waals surface area contributed by atoms with Gasteiger partial charge in [0, 0.05) is 16.3 Å². The number of H-pyrrole nitrogens is 1. The van der Waals surface area contributed by atoms with Gasteiger partial charge in [0.15, 0.2) is 0 Å². The van der Waals surface area contributed by atoms with Gasteiger partial charge in [0.2, 0.25) is 0 Å². The first-order valence-electron chi connectivity index (χ1n) is 5.58. The average molecular weight is 279 g/mol. The summed E-state index contributed by atoms with van der Waals surface area (Å²) in [6, 6.07) is 3.35. The zero-order valence-electron chi connectivity index (χ0n) is 10.3. The number of aromatic nitrogens is 2. The quantitative estimate of drug-likeness (QED) is 0.495. The summed E-state index contributed by atoms with van der Waals surface area (Å²) in [5.41, 5.74) is 6.75. The van der Waals surface area contributed by atoms with Crippen molar-refractivity contribution >= 4 is 34.3 Å². The van der Waals surface area contributed by atoms with E-state index in [1.54, 1.807) is 12.1 Å². The topological polar surface area (TPSA) is 98.1 Å². The van der Waals surface area contributed by atoms with E-state index in [1.807, 2.05) is 0 Å². The Balaban J connectivity index is 2.22. The molecule has 0 aliphatic heterocycles. The van der Waals surface area contributed by atoms with Gasteiger partial charge < -0.3 is 15.5 Å². The molecule has 0 fully saturated rings. The molecule has 0 saturated carbocycles. The highest BCUT2D eigenvalue weighted by Gasteiger charge is 2.07. The molecule has 19 heavy (non-hydrogen) atoms. The van der Waals surface area contributed by atoms with Crippen LogP contribution < -0.4 is 11.3 Å². The molecule has 0 bridgehead atoms. The zero-order valence-corrected chi connectivity index (χ0v) is 11.1. The van der Waals surface area contributed by atoms with E-state index in [-0.39, 0.29) is 11.5 Å². The van der Waals surface area contributed by atoms with Gasteiger partial charge in [-0.3, -0.25) is 9.59 Å². The molecule has 2 aromatic rings. The van der Waals surface area contributed by atoms with Crippen LogP contribution in [0.1, 0.15) is 6.42 Å². The largest absolute Gasteiger partial charge is 0.469 e. The number of esters is 1. The van der Waals surface area contributed by atoms with Crippen LogP contribution in [0.2, 0.25) is 0 Å². The first-order valence-corrected chi connectivity index (χ1v) is 6.57. The second-order valence-electron chi connectivity index (χ2n) is 3.81. The Hall–Kier alpha value is -2.02. The summed E-state index contributed by atoms with van der Waals surface area (Å²) in [7, 11) is 1.35. The standard InChI is InChI=1S/C12H13N3O3S/c1-18-11(16)2-3-19-10-5-9-7(4-8(10)13)12(17)15-6-14-9/h4-6H,2-3,13H2,1H3,(H,14,15,17). The fourth-order valence-electron chi connectivity index (χ4n) is 1.58. The molecule has 1 heterocycles. The zero-order chi connectivity index (χ0) is 13.8. The lowest BCUT2D eigenvalue weighted by molar-refractivity contribution is -0.140. The van der Waals surface area contributed by atoms with Crippen molar-refractivity contribution in [1.29, 1.82) is 0 Å². The highest BCUT2D eigenvalue weighted by Crippen LogP contribution is 2.28. The first kappa shape index (κ1) is 13.4. The Labute approximate surface area is 113 Å². The van der Waals surface area contributed by atoms with Crippen molar-refractivity contribution in [3.05, 3.63) is 28.8 Å². The van der Waals surface area contributed by atoms with Gasteiger partial charge in [-0.2, -0.15) is 0 Å². The number of methoxy groups -OCH3 is 1. The van der Waals surface area contributed by atoms with Crippen LogP contribution in [0.3, 0.4) is 0 Å². The van der Waals surface area contributed by atoms with Gasteiger partial charge >= 0.3 is 5.97 Å². The Morgan fingerprint density at radius 1 is 1.53 bits per heavy atom. The maximum absolute atomic E-state index is 11.6. The van der Waals surface area contributed by atoms with E-state index >= 15 is 0 Å². The summed E-state index contributed by atoms with van der Waals surface area (Å²) in [5, 5.41) is 0.456. The molecule has 0 saturated heterocycles. The number of rotatable bonds is 4. The predicted molar refractivity (Wildman–Crippen MR) is 74.1 cm³/mol. The number of nitrogens with one attached hydrogen (secondary N) is 1. The van der Waals surface area contributed by atoms with E-state index in [9.17, 15) is 9.59 Å². The van der Waals surface area contributed by atoms with Crippen LogP contribution in [0, 0.1) is 0 Å². The lowest BCUT2D eigenvalue weighted by Gasteiger charge is -2.06. The summed E-state index contributed by atoms with van der Waals surface area (Å²) in [5.74, 6) is 0.299. The number of thioether (sulfide) groups is 1. The molecule has 1 aromatic carbocycles. The normalized spacial score (nSPS) is 10.6. The maximum Gasteiger partial charge on any atom is 0.306 e. The number of fused-ring (bicyclic) bond motifs is 1. The Morgan fingerprint density at radius 2 is 2.32 bits per heavy atom. The molecule has 2 rings (SSSR count). The molecular formula is C12H13N3O3S. The highest BCUT2D eigenvalue weighted by molar-refractivity contribution is 7.99. The molecule has 0 spiro atoms. The highest BCUT2D eigenvalue weighted by atomic mass is 32.2. The summed E-state index contributed by atoms with van der Waals surface area (Å²) >= 11 is 1.43. The Kier molecular flexibility index (Phi) is 4.06. The van der Waals surface area contributed by atoms with Gasteiger partial charge in [-0.15, -0.1) is 11.8 Å². The monoisotopic (exact) mass is 279 g/mol. The van der Waals surface area contributed by atoms with E-state index in [4.69, 9.17) is 5.73 Å². The fraction of sp³-hybridized carbons (Fsp3) is 0.250. The molecule has 3 N–H and O–H groups in total. The van der Waals surface area contributed by atoms with Crippen molar-refractivity contribution < 1.29 is 9.53 Å². The molecular weight excluding hydrogens is 266 g/mol. The van der Waals surface area contributed by atoms with Gasteiger partial charge in [0.05, 0.1) is 30.8 Å². The minimum Gasteiger partial charge on any atom is -0.469 e. The average Bonchev–Trinajstić information content (AvgIpc) is 2.40. The van der Waals surface area contributed by atoms with E-state index < -0.39 is 0 Å². The number of carbonyl (C=O) groups is 1. The SMILES string of the molecule is COC(=O)CCSc1cc2nc[nH]c(=O)c2cc1N. The number of carbonyl (C=O) groups excluding carboxylic acids is 1. The van der Waals surface area contributed by atoms with E-state index in [0.717, 1.165) is 4.90 Å². The summed E-state index contributed by atoms with van der Waals surface area (Å²) < 4.78 is 4.56. The third-order valence-electron chi connectivity index (χ3n) is 2.56. The maximum atomic E-state index is 11.6. The van der Waals surface area contributed by atoms with Gasteiger partial charge in [-0.25, -0.2) is 4.98 Å². The van der Waals surface area contributed by atoms with Gasteiger partial charge in [-0.05, 0) is 12.1 Å². The van der Waals surface area contributed by atoms with E-state index in [0.29, 0.717) is 28.8 Å². The number of hydrogen-bond donors (Lipinski definition) is 2. The van der Waals surface area contributed by atoms with Crippen molar-refractivity contribution in [2.24, 2.45) is 0 Å². The van der Waals surface area contributed by atoms with Crippen LogP contribution in [0.25, 0.3) is 10.9 Å². The van der Waals surface area contributed by atoms with Crippen LogP contribution >= 0.6 is 11.8 Å². The number of nitrogens with two attached hydrogens (primary N) is 1. The molecule has 6 nitrogen and oxygen atoms in total. The fourth-order valence-corrected chi connectivity index (χ4v) is 2.49. The number of nitrogen functional groups attached to an aromatic ring is 1. The Bertz CT molecular complexity index is 669. The third-order valence-corrected chi connectivity index (χ3v) is 3.64. The van der Waals surface area contributed by atoms with Crippen molar-refractivity contribution in [3.63, 3.8) is 0 Å². The minimum atomic E-state index is -0.263. The molecule has 1 aromatic heterocycles. The molecule has 0 radical (unpaired) electrons. The second kappa shape index (κ2) is 5.75. The number of aromatic amines is 1. The number of ether oxygens (including phenoxy) is 1. The van der Waals surface area contributed by atoms with Crippen LogP contribution in [-0.2, 0) is 9.53 Å². The number of hydrogen-bond acceptors (Lipinski definition) is 6. The third kappa shape index (κ3) is 3.05. The molecule has 0 atom stereocenters. The molecule has 0 unspecified atom stereocenters. The first-order chi connectivity index (χ1) is 9.11. The Morgan fingerprint density at radius 3 is 3.05 bits per heavy atom. The number of anilines is 1. The molecule has 100 valence electrons. The van der Waals surface area contributed by atoms with Crippen molar-refractivity contribution in [2.75, 3.05) is 18.6 Å². The predicted octanol–water partition coefficient (Wildman–Crippen LogP) is 1.16. The molecule has 0 amide bonds. The molecule has 7 heteroatoms. The summed E-state index contributed by atoms with van der Waals surface area (Å²) in [4.78, 5) is 30.0. The minimum absolute atomic E-state index is 0.220. The summed E-state index contributed by atoms with van der Waals surface area (Å²) in [6.07, 6.45) is 1.66. The van der Waals surface area contributed by atoms with Crippen LogP contribution in [0.4, 0.5) is 5.69 Å². The van der Waals surface area contributed by atoms with E-state index in [2.05, 4.69) is 14.7 Å². The van der Waals surface area contributed by atoms with Crippen LogP contribution in [0.5, 0.6) is 0 Å². The van der Waals surface area contributed by atoms with Crippen molar-refractivity contribution in [3.8, 4) is 0 Å². The molecule has 0 aliphatic rings. The molecule has 0 aliphatic carbocycles. The van der Waals surface area contributed by atoms with Crippen molar-refractivity contribution in [1.82, 2.24) is 9.97 Å². The lowest BCUT2D eigenvalue weighted by atomic mass is 10.2. The lowest BCUT2D eigenvalue weighted by Crippen LogP contribution is -2.07. The number of benzene rings is 1. The second-order valence-corrected chi connectivity index (χ2v) is 4.95. The van der Waals surface area contributed by atoms with Crippen LogP contribution in [0.15, 0.2) is 28.2 Å². The van der Waals surface area contributed by atoms with Crippen molar-refractivity contribution in [2.45, 2.75) is 11.3 Å². The van der Waals surface area contributed by atoms with Gasteiger partial charge in [0.1, 0.15) is 0 Å². The van der Waals surface area contributed by atoms with Gasteiger partial charge in [0.25, 0.3) is 5.56 Å².